The predicted molar refractivity (Wildman–Crippen MR) is 85.3 cm³/mol. The standard InChI is InChI=1S/C17H29N3O/c1-11-7-6-8-17(9-11,21-5)16-19-13(3)15(12(2)10-18)14(4)20-16/h11-12H,6-10,18H2,1-5H3. The number of aromatic nitrogens is 2. The highest BCUT2D eigenvalue weighted by atomic mass is 16.5. The SMILES string of the molecule is COC1(c2nc(C)c(C(C)CN)c(C)n2)CCCC(C)C1. The van der Waals surface area contributed by atoms with Gasteiger partial charge in [0.1, 0.15) is 5.60 Å². The van der Waals surface area contributed by atoms with E-state index >= 15 is 0 Å². The van der Waals surface area contributed by atoms with Crippen molar-refractivity contribution in [2.75, 3.05) is 13.7 Å². The lowest BCUT2D eigenvalue weighted by molar-refractivity contribution is -0.0648. The molecular formula is C17H29N3O. The Hall–Kier alpha value is -1.00. The molecule has 0 bridgehead atoms. The smallest absolute Gasteiger partial charge is 0.160 e. The second-order valence-electron chi connectivity index (χ2n) is 6.67. The average molecular weight is 291 g/mol. The Morgan fingerprint density at radius 1 is 1.33 bits per heavy atom. The zero-order valence-corrected chi connectivity index (χ0v) is 14.1. The number of hydrogen-bond acceptors (Lipinski definition) is 4. The van der Waals surface area contributed by atoms with Gasteiger partial charge >= 0.3 is 0 Å². The highest BCUT2D eigenvalue weighted by Crippen LogP contribution is 2.41. The Bertz CT molecular complexity index is 480. The molecule has 2 rings (SSSR count). The Kier molecular flexibility index (Phi) is 4.99. The molecule has 1 aromatic heterocycles. The van der Waals surface area contributed by atoms with Crippen LogP contribution in [0, 0.1) is 19.8 Å². The minimum Gasteiger partial charge on any atom is -0.370 e. The third kappa shape index (κ3) is 3.11. The monoisotopic (exact) mass is 291 g/mol. The summed E-state index contributed by atoms with van der Waals surface area (Å²) in [5.74, 6) is 1.81. The number of nitrogens with zero attached hydrogens (tertiary/aromatic N) is 2. The normalized spacial score (nSPS) is 27.6. The maximum Gasteiger partial charge on any atom is 0.160 e. The molecule has 4 heteroatoms. The Labute approximate surface area is 128 Å². The number of hydrogen-bond donors (Lipinski definition) is 1. The molecule has 21 heavy (non-hydrogen) atoms. The number of rotatable bonds is 4. The number of methoxy groups -OCH3 is 1. The summed E-state index contributed by atoms with van der Waals surface area (Å²) < 4.78 is 5.92. The lowest BCUT2D eigenvalue weighted by atomic mass is 9.78. The van der Waals surface area contributed by atoms with Crippen LogP contribution in [0.25, 0.3) is 0 Å². The molecule has 0 spiro atoms. The van der Waals surface area contributed by atoms with Gasteiger partial charge in [0.25, 0.3) is 0 Å². The van der Waals surface area contributed by atoms with Crippen molar-refractivity contribution in [3.63, 3.8) is 0 Å². The molecule has 0 aromatic carbocycles. The van der Waals surface area contributed by atoms with Gasteiger partial charge in [0.15, 0.2) is 5.82 Å². The molecule has 118 valence electrons. The van der Waals surface area contributed by atoms with Crippen LogP contribution < -0.4 is 5.73 Å². The van der Waals surface area contributed by atoms with Crippen molar-refractivity contribution in [1.29, 1.82) is 0 Å². The zero-order valence-electron chi connectivity index (χ0n) is 14.1. The summed E-state index contributed by atoms with van der Waals surface area (Å²) in [5.41, 5.74) is 8.79. The lowest BCUT2D eigenvalue weighted by Gasteiger charge is -2.38. The fourth-order valence-corrected chi connectivity index (χ4v) is 3.74. The molecule has 0 radical (unpaired) electrons. The molecule has 1 fully saturated rings. The van der Waals surface area contributed by atoms with Gasteiger partial charge in [0.2, 0.25) is 0 Å². The molecule has 4 nitrogen and oxygen atoms in total. The predicted octanol–water partition coefficient (Wildman–Crippen LogP) is 3.21. The molecule has 1 aromatic rings. The van der Waals surface area contributed by atoms with Crippen molar-refractivity contribution < 1.29 is 4.74 Å². The van der Waals surface area contributed by atoms with Crippen LogP contribution in [0.3, 0.4) is 0 Å². The van der Waals surface area contributed by atoms with Gasteiger partial charge in [-0.1, -0.05) is 20.3 Å². The molecule has 3 unspecified atom stereocenters. The van der Waals surface area contributed by atoms with Gasteiger partial charge in [0.05, 0.1) is 0 Å². The van der Waals surface area contributed by atoms with Crippen LogP contribution in [0.5, 0.6) is 0 Å². The fourth-order valence-electron chi connectivity index (χ4n) is 3.74. The molecule has 1 aliphatic rings. The van der Waals surface area contributed by atoms with E-state index in [2.05, 4.69) is 27.7 Å². The number of nitrogens with two attached hydrogens (primary N) is 1. The Morgan fingerprint density at radius 2 is 1.95 bits per heavy atom. The molecule has 1 heterocycles. The van der Waals surface area contributed by atoms with E-state index in [1.54, 1.807) is 7.11 Å². The molecule has 2 N–H and O–H groups in total. The minimum absolute atomic E-state index is 0.294. The first-order chi connectivity index (χ1) is 9.93. The molecule has 0 amide bonds. The summed E-state index contributed by atoms with van der Waals surface area (Å²) in [6.07, 6.45) is 4.47. The van der Waals surface area contributed by atoms with Crippen molar-refractivity contribution in [1.82, 2.24) is 9.97 Å². The van der Waals surface area contributed by atoms with Crippen LogP contribution in [0.4, 0.5) is 0 Å². The highest BCUT2D eigenvalue weighted by molar-refractivity contribution is 5.29. The third-order valence-corrected chi connectivity index (χ3v) is 4.93. The van der Waals surface area contributed by atoms with Gasteiger partial charge in [-0.25, -0.2) is 9.97 Å². The van der Waals surface area contributed by atoms with Gasteiger partial charge < -0.3 is 10.5 Å². The molecule has 1 saturated carbocycles. The van der Waals surface area contributed by atoms with Crippen molar-refractivity contribution in [2.45, 2.75) is 64.9 Å². The molecule has 3 atom stereocenters. The quantitative estimate of drug-likeness (QED) is 0.925. The van der Waals surface area contributed by atoms with Gasteiger partial charge in [-0.3, -0.25) is 0 Å². The molecule has 1 aliphatic carbocycles. The summed E-state index contributed by atoms with van der Waals surface area (Å²) in [7, 11) is 1.79. The van der Waals surface area contributed by atoms with Crippen molar-refractivity contribution in [3.8, 4) is 0 Å². The first-order valence-electron chi connectivity index (χ1n) is 8.04. The summed E-state index contributed by atoms with van der Waals surface area (Å²) in [6, 6.07) is 0. The van der Waals surface area contributed by atoms with Crippen molar-refractivity contribution >= 4 is 0 Å². The van der Waals surface area contributed by atoms with E-state index in [1.807, 2.05) is 0 Å². The van der Waals surface area contributed by atoms with E-state index in [0.29, 0.717) is 18.4 Å². The minimum atomic E-state index is -0.308. The largest absolute Gasteiger partial charge is 0.370 e. The first kappa shape index (κ1) is 16.4. The van der Waals surface area contributed by atoms with Gasteiger partial charge in [-0.15, -0.1) is 0 Å². The second kappa shape index (κ2) is 6.41. The maximum absolute atomic E-state index is 5.92. The Morgan fingerprint density at radius 3 is 2.43 bits per heavy atom. The van der Waals surface area contributed by atoms with Crippen LogP contribution in [0.2, 0.25) is 0 Å². The lowest BCUT2D eigenvalue weighted by Crippen LogP contribution is -2.36. The average Bonchev–Trinajstić information content (AvgIpc) is 2.46. The van der Waals surface area contributed by atoms with Gasteiger partial charge in [-0.2, -0.15) is 0 Å². The highest BCUT2D eigenvalue weighted by Gasteiger charge is 2.39. The summed E-state index contributed by atoms with van der Waals surface area (Å²) >= 11 is 0. The van der Waals surface area contributed by atoms with E-state index in [0.717, 1.165) is 30.1 Å². The van der Waals surface area contributed by atoms with E-state index in [9.17, 15) is 0 Å². The maximum atomic E-state index is 5.92. The summed E-state index contributed by atoms with van der Waals surface area (Å²) in [5, 5.41) is 0. The summed E-state index contributed by atoms with van der Waals surface area (Å²) in [6.45, 7) is 9.17. The summed E-state index contributed by atoms with van der Waals surface area (Å²) in [4.78, 5) is 9.62. The molecule has 0 saturated heterocycles. The molecular weight excluding hydrogens is 262 g/mol. The van der Waals surface area contributed by atoms with E-state index in [-0.39, 0.29) is 5.60 Å². The van der Waals surface area contributed by atoms with Crippen molar-refractivity contribution in [3.05, 3.63) is 22.8 Å². The van der Waals surface area contributed by atoms with Crippen LogP contribution >= 0.6 is 0 Å². The number of aryl methyl sites for hydroxylation is 2. The topological polar surface area (TPSA) is 61.0 Å². The Balaban J connectivity index is 2.44. The third-order valence-electron chi connectivity index (χ3n) is 4.93. The van der Waals surface area contributed by atoms with Crippen LogP contribution in [-0.4, -0.2) is 23.6 Å². The van der Waals surface area contributed by atoms with Gasteiger partial charge in [-0.05, 0) is 57.1 Å². The van der Waals surface area contributed by atoms with E-state index < -0.39 is 0 Å². The van der Waals surface area contributed by atoms with E-state index in [4.69, 9.17) is 20.4 Å². The van der Waals surface area contributed by atoms with Crippen LogP contribution in [-0.2, 0) is 10.3 Å². The van der Waals surface area contributed by atoms with Crippen LogP contribution in [0.1, 0.15) is 68.2 Å². The van der Waals surface area contributed by atoms with Crippen molar-refractivity contribution in [2.24, 2.45) is 11.7 Å². The fraction of sp³-hybridized carbons (Fsp3) is 0.765. The first-order valence-corrected chi connectivity index (χ1v) is 8.04. The second-order valence-corrected chi connectivity index (χ2v) is 6.67. The number of ether oxygens (including phenoxy) is 1. The van der Waals surface area contributed by atoms with E-state index in [1.165, 1.54) is 18.4 Å². The molecule has 0 aliphatic heterocycles. The zero-order chi connectivity index (χ0) is 15.6. The van der Waals surface area contributed by atoms with Crippen LogP contribution in [0.15, 0.2) is 0 Å². The van der Waals surface area contributed by atoms with Gasteiger partial charge in [0, 0.05) is 18.5 Å².